The largest absolute Gasteiger partial charge is 0.483 e. The molecule has 1 atom stereocenters. The summed E-state index contributed by atoms with van der Waals surface area (Å²) in [5, 5.41) is 5.24. The third kappa shape index (κ3) is 6.19. The van der Waals surface area contributed by atoms with Gasteiger partial charge in [0, 0.05) is 30.4 Å². The van der Waals surface area contributed by atoms with Crippen LogP contribution in [0, 0.1) is 0 Å². The van der Waals surface area contributed by atoms with Crippen LogP contribution in [0.2, 0.25) is 5.02 Å². The Morgan fingerprint density at radius 1 is 0.886 bits per heavy atom. The summed E-state index contributed by atoms with van der Waals surface area (Å²) in [5.74, 6) is 0.0931. The Kier molecular flexibility index (Phi) is 8.01. The zero-order valence-corrected chi connectivity index (χ0v) is 20.2. The number of nitrogens with one attached hydrogen (secondary N) is 1. The number of fused-ring (bicyclic) bond motifs is 1. The second-order valence-corrected chi connectivity index (χ2v) is 8.67. The third-order valence-electron chi connectivity index (χ3n) is 5.86. The molecular formula is C29H27ClN2O3. The van der Waals surface area contributed by atoms with Crippen molar-refractivity contribution in [1.82, 2.24) is 10.2 Å². The van der Waals surface area contributed by atoms with E-state index >= 15 is 0 Å². The number of halogens is 1. The van der Waals surface area contributed by atoms with Gasteiger partial charge in [-0.1, -0.05) is 90.5 Å². The normalized spacial score (nSPS) is 11.6. The molecule has 0 aromatic heterocycles. The summed E-state index contributed by atoms with van der Waals surface area (Å²) in [4.78, 5) is 28.2. The summed E-state index contributed by atoms with van der Waals surface area (Å²) in [7, 11) is 1.58. The molecular weight excluding hydrogens is 460 g/mol. The van der Waals surface area contributed by atoms with E-state index in [1.165, 1.54) is 0 Å². The zero-order valence-electron chi connectivity index (χ0n) is 19.5. The van der Waals surface area contributed by atoms with Crippen LogP contribution in [0.3, 0.4) is 0 Å². The molecule has 4 rings (SSSR count). The Bertz CT molecular complexity index is 1300. The van der Waals surface area contributed by atoms with Gasteiger partial charge in [-0.3, -0.25) is 9.59 Å². The summed E-state index contributed by atoms with van der Waals surface area (Å²) < 4.78 is 5.99. The summed E-state index contributed by atoms with van der Waals surface area (Å²) in [6.45, 7) is 0.0278. The molecule has 0 saturated heterocycles. The Hall–Kier alpha value is -3.83. The first-order chi connectivity index (χ1) is 17.0. The van der Waals surface area contributed by atoms with E-state index in [0.29, 0.717) is 17.2 Å². The minimum atomic E-state index is -0.718. The maximum Gasteiger partial charge on any atom is 0.261 e. The van der Waals surface area contributed by atoms with Gasteiger partial charge in [-0.15, -0.1) is 0 Å². The molecule has 1 N–H and O–H groups in total. The molecule has 0 aliphatic heterocycles. The quantitative estimate of drug-likeness (QED) is 0.351. The van der Waals surface area contributed by atoms with Gasteiger partial charge in [-0.25, -0.2) is 0 Å². The first-order valence-corrected chi connectivity index (χ1v) is 11.8. The molecule has 0 fully saturated rings. The minimum absolute atomic E-state index is 0.198. The van der Waals surface area contributed by atoms with Gasteiger partial charge in [0.05, 0.1) is 0 Å². The van der Waals surface area contributed by atoms with Crippen LogP contribution >= 0.6 is 11.6 Å². The van der Waals surface area contributed by atoms with E-state index < -0.39 is 6.04 Å². The SMILES string of the molecule is CNC(=O)[C@H](Cc1ccccc1)N(Cc1cccc(Cl)c1)C(=O)COc1cccc2ccccc12. The molecule has 4 aromatic carbocycles. The molecule has 35 heavy (non-hydrogen) atoms. The minimum Gasteiger partial charge on any atom is -0.483 e. The number of nitrogens with zero attached hydrogens (tertiary/aromatic N) is 1. The number of ether oxygens (including phenoxy) is 1. The van der Waals surface area contributed by atoms with Crippen LogP contribution in [0.25, 0.3) is 10.8 Å². The lowest BCUT2D eigenvalue weighted by atomic mass is 10.0. The van der Waals surface area contributed by atoms with Gasteiger partial charge in [0.15, 0.2) is 6.61 Å². The predicted octanol–water partition coefficient (Wildman–Crippen LogP) is 5.26. The van der Waals surface area contributed by atoms with Gasteiger partial charge in [-0.05, 0) is 34.7 Å². The van der Waals surface area contributed by atoms with Crippen molar-refractivity contribution in [3.05, 3.63) is 113 Å². The summed E-state index contributed by atoms with van der Waals surface area (Å²) >= 11 is 6.20. The molecule has 178 valence electrons. The van der Waals surface area contributed by atoms with Crippen molar-refractivity contribution in [2.75, 3.05) is 13.7 Å². The number of hydrogen-bond acceptors (Lipinski definition) is 3. The van der Waals surface area contributed by atoms with E-state index in [9.17, 15) is 9.59 Å². The van der Waals surface area contributed by atoms with Gasteiger partial charge in [0.1, 0.15) is 11.8 Å². The summed E-state index contributed by atoms with van der Waals surface area (Å²) in [6.07, 6.45) is 0.376. The number of benzene rings is 4. The molecule has 0 unspecified atom stereocenters. The Balaban J connectivity index is 1.62. The Morgan fingerprint density at radius 3 is 2.34 bits per heavy atom. The highest BCUT2D eigenvalue weighted by molar-refractivity contribution is 6.30. The summed E-state index contributed by atoms with van der Waals surface area (Å²) in [6, 6.07) is 29.8. The Labute approximate surface area is 210 Å². The van der Waals surface area contributed by atoms with E-state index in [4.69, 9.17) is 16.3 Å². The van der Waals surface area contributed by atoms with Crippen molar-refractivity contribution < 1.29 is 14.3 Å². The fourth-order valence-corrected chi connectivity index (χ4v) is 4.31. The number of rotatable bonds is 9. The van der Waals surface area contributed by atoms with Gasteiger partial charge >= 0.3 is 0 Å². The lowest BCUT2D eigenvalue weighted by molar-refractivity contribution is -0.142. The number of carbonyl (C=O) groups is 2. The monoisotopic (exact) mass is 486 g/mol. The predicted molar refractivity (Wildman–Crippen MR) is 139 cm³/mol. The molecule has 0 aliphatic rings. The highest BCUT2D eigenvalue weighted by Crippen LogP contribution is 2.25. The van der Waals surface area contributed by atoms with Crippen molar-refractivity contribution in [2.45, 2.75) is 19.0 Å². The van der Waals surface area contributed by atoms with Crippen molar-refractivity contribution in [3.8, 4) is 5.75 Å². The van der Waals surface area contributed by atoms with Crippen LogP contribution in [-0.2, 0) is 22.6 Å². The maximum absolute atomic E-state index is 13.6. The number of hydrogen-bond donors (Lipinski definition) is 1. The van der Waals surface area contributed by atoms with Crippen molar-refractivity contribution in [1.29, 1.82) is 0 Å². The first kappa shape index (κ1) is 24.3. The van der Waals surface area contributed by atoms with E-state index in [2.05, 4.69) is 5.32 Å². The topological polar surface area (TPSA) is 58.6 Å². The molecule has 0 heterocycles. The number of carbonyl (C=O) groups excluding carboxylic acids is 2. The zero-order chi connectivity index (χ0) is 24.6. The second kappa shape index (κ2) is 11.5. The molecule has 5 nitrogen and oxygen atoms in total. The van der Waals surface area contributed by atoms with Crippen LogP contribution in [0.5, 0.6) is 5.75 Å². The van der Waals surface area contributed by atoms with Gasteiger partial charge in [0.25, 0.3) is 5.91 Å². The smallest absolute Gasteiger partial charge is 0.261 e. The molecule has 4 aromatic rings. The summed E-state index contributed by atoms with van der Waals surface area (Å²) in [5.41, 5.74) is 1.79. The first-order valence-electron chi connectivity index (χ1n) is 11.4. The second-order valence-electron chi connectivity index (χ2n) is 8.24. The average molecular weight is 487 g/mol. The molecule has 0 spiro atoms. The molecule has 6 heteroatoms. The van der Waals surface area contributed by atoms with Crippen LogP contribution in [0.4, 0.5) is 0 Å². The third-order valence-corrected chi connectivity index (χ3v) is 6.10. The number of likely N-dealkylation sites (N-methyl/N-ethyl adjacent to an activating group) is 1. The Morgan fingerprint density at radius 2 is 1.57 bits per heavy atom. The molecule has 0 aliphatic carbocycles. The van der Waals surface area contributed by atoms with Crippen LogP contribution in [-0.4, -0.2) is 36.4 Å². The van der Waals surface area contributed by atoms with Gasteiger partial charge < -0.3 is 15.0 Å². The lowest BCUT2D eigenvalue weighted by Gasteiger charge is -2.31. The van der Waals surface area contributed by atoms with E-state index in [-0.39, 0.29) is 25.0 Å². The van der Waals surface area contributed by atoms with Crippen molar-refractivity contribution >= 4 is 34.2 Å². The van der Waals surface area contributed by atoms with Crippen LogP contribution in [0.1, 0.15) is 11.1 Å². The van der Waals surface area contributed by atoms with Crippen LogP contribution < -0.4 is 10.1 Å². The fraction of sp³-hybridized carbons (Fsp3) is 0.172. The van der Waals surface area contributed by atoms with E-state index in [1.54, 1.807) is 24.1 Å². The molecule has 0 radical (unpaired) electrons. The highest BCUT2D eigenvalue weighted by Gasteiger charge is 2.30. The van der Waals surface area contributed by atoms with Gasteiger partial charge in [0.2, 0.25) is 5.91 Å². The number of amides is 2. The van der Waals surface area contributed by atoms with Crippen molar-refractivity contribution in [3.63, 3.8) is 0 Å². The average Bonchev–Trinajstić information content (AvgIpc) is 2.89. The van der Waals surface area contributed by atoms with Crippen LogP contribution in [0.15, 0.2) is 97.1 Å². The van der Waals surface area contributed by atoms with E-state index in [0.717, 1.165) is 21.9 Å². The molecule has 0 saturated carbocycles. The standard InChI is InChI=1S/C29H27ClN2O3/c1-31-29(34)26(18-21-9-3-2-4-10-21)32(19-22-11-7-14-24(30)17-22)28(33)20-35-27-16-8-13-23-12-5-6-15-25(23)27/h2-17,26H,18-20H2,1H3,(H,31,34)/t26-/m0/s1. The lowest BCUT2D eigenvalue weighted by Crippen LogP contribution is -2.51. The van der Waals surface area contributed by atoms with Crippen molar-refractivity contribution in [2.24, 2.45) is 0 Å². The maximum atomic E-state index is 13.6. The molecule has 2 amide bonds. The molecule has 0 bridgehead atoms. The van der Waals surface area contributed by atoms with Gasteiger partial charge in [-0.2, -0.15) is 0 Å². The highest BCUT2D eigenvalue weighted by atomic mass is 35.5. The fourth-order valence-electron chi connectivity index (χ4n) is 4.10. The van der Waals surface area contributed by atoms with E-state index in [1.807, 2.05) is 84.9 Å².